The molecule has 0 spiro atoms. The SMILES string of the molecule is CS(=O)(=O)c1cc(OCCCN(Cc2ccc(F)cc2)Cc2cccc(C(F)(F)F)c2F)ccc1CC(=O)O. The molecule has 3 rings (SSSR count). The van der Waals surface area contributed by atoms with Crippen LogP contribution in [0.5, 0.6) is 5.75 Å². The zero-order chi connectivity index (χ0) is 28.8. The van der Waals surface area contributed by atoms with Crippen LogP contribution in [0.15, 0.2) is 65.6 Å². The van der Waals surface area contributed by atoms with Gasteiger partial charge in [-0.3, -0.25) is 9.69 Å². The van der Waals surface area contributed by atoms with Crippen LogP contribution in [0.2, 0.25) is 0 Å². The van der Waals surface area contributed by atoms with Gasteiger partial charge in [-0.25, -0.2) is 17.2 Å². The van der Waals surface area contributed by atoms with Crippen LogP contribution in [0, 0.1) is 11.6 Å². The standard InChI is InChI=1S/C27H26F5NO5S/c1-39(36,37)24-15-22(11-8-19(24)14-25(34)35)38-13-3-12-33(16-18-6-9-21(28)10-7-18)17-20-4-2-5-23(26(20)29)27(30,31)32/h2,4-11,15H,3,12-14,16-17H2,1H3,(H,34,35). The number of benzene rings is 3. The maximum atomic E-state index is 14.7. The van der Waals surface area contributed by atoms with Crippen molar-refractivity contribution in [1.29, 1.82) is 0 Å². The second-order valence-electron chi connectivity index (χ2n) is 8.93. The summed E-state index contributed by atoms with van der Waals surface area (Å²) < 4.78 is 97.4. The molecule has 0 saturated carbocycles. The van der Waals surface area contributed by atoms with E-state index in [9.17, 15) is 35.2 Å². The number of halogens is 5. The monoisotopic (exact) mass is 571 g/mol. The van der Waals surface area contributed by atoms with Gasteiger partial charge in [0.1, 0.15) is 17.4 Å². The van der Waals surface area contributed by atoms with Gasteiger partial charge in [0.2, 0.25) is 0 Å². The van der Waals surface area contributed by atoms with Gasteiger partial charge < -0.3 is 9.84 Å². The van der Waals surface area contributed by atoms with E-state index in [1.165, 1.54) is 48.5 Å². The average Bonchev–Trinajstić information content (AvgIpc) is 2.83. The van der Waals surface area contributed by atoms with E-state index >= 15 is 0 Å². The third kappa shape index (κ3) is 8.75. The molecular weight excluding hydrogens is 545 g/mol. The molecule has 0 aliphatic heterocycles. The highest BCUT2D eigenvalue weighted by atomic mass is 32.2. The Morgan fingerprint density at radius 1 is 0.974 bits per heavy atom. The third-order valence-corrected chi connectivity index (χ3v) is 6.94. The summed E-state index contributed by atoms with van der Waals surface area (Å²) in [4.78, 5) is 12.6. The van der Waals surface area contributed by atoms with Gasteiger partial charge >= 0.3 is 12.1 Å². The maximum absolute atomic E-state index is 14.7. The number of alkyl halides is 3. The van der Waals surface area contributed by atoms with Gasteiger partial charge in [0.25, 0.3) is 0 Å². The molecule has 3 aromatic rings. The molecule has 3 aromatic carbocycles. The summed E-state index contributed by atoms with van der Waals surface area (Å²) in [6, 6.07) is 12.6. The lowest BCUT2D eigenvalue weighted by molar-refractivity contribution is -0.140. The minimum Gasteiger partial charge on any atom is -0.494 e. The van der Waals surface area contributed by atoms with E-state index in [1.54, 1.807) is 4.90 Å². The van der Waals surface area contributed by atoms with Crippen molar-refractivity contribution in [2.24, 2.45) is 0 Å². The molecule has 39 heavy (non-hydrogen) atoms. The molecule has 1 N–H and O–H groups in total. The Labute approximate surface area is 222 Å². The first kappa shape index (κ1) is 30.0. The number of ether oxygens (including phenoxy) is 1. The Morgan fingerprint density at radius 3 is 2.28 bits per heavy atom. The van der Waals surface area contributed by atoms with Crippen molar-refractivity contribution in [3.8, 4) is 5.75 Å². The summed E-state index contributed by atoms with van der Waals surface area (Å²) in [6.07, 6.45) is -4.04. The molecule has 210 valence electrons. The van der Waals surface area contributed by atoms with Crippen LogP contribution in [0.25, 0.3) is 0 Å². The lowest BCUT2D eigenvalue weighted by atomic mass is 10.1. The van der Waals surface area contributed by atoms with Crippen molar-refractivity contribution in [1.82, 2.24) is 4.90 Å². The van der Waals surface area contributed by atoms with E-state index in [2.05, 4.69) is 0 Å². The average molecular weight is 572 g/mol. The van der Waals surface area contributed by atoms with Gasteiger partial charge in [0, 0.05) is 31.5 Å². The van der Waals surface area contributed by atoms with Gasteiger partial charge in [-0.1, -0.05) is 30.3 Å². The van der Waals surface area contributed by atoms with Crippen molar-refractivity contribution in [3.05, 3.63) is 94.6 Å². The van der Waals surface area contributed by atoms with Crippen LogP contribution in [-0.4, -0.2) is 43.8 Å². The Hall–Kier alpha value is -3.51. The molecule has 6 nitrogen and oxygen atoms in total. The molecular formula is C27H26F5NO5S. The van der Waals surface area contributed by atoms with Gasteiger partial charge in [-0.2, -0.15) is 13.2 Å². The van der Waals surface area contributed by atoms with Crippen molar-refractivity contribution >= 4 is 15.8 Å². The molecule has 0 aliphatic carbocycles. The number of hydrogen-bond acceptors (Lipinski definition) is 5. The van der Waals surface area contributed by atoms with Crippen LogP contribution in [0.3, 0.4) is 0 Å². The summed E-state index contributed by atoms with van der Waals surface area (Å²) in [6.45, 7) is 0.364. The van der Waals surface area contributed by atoms with E-state index in [0.717, 1.165) is 12.3 Å². The normalized spacial score (nSPS) is 12.1. The van der Waals surface area contributed by atoms with Gasteiger partial charge in [-0.05, 0) is 47.9 Å². The Morgan fingerprint density at radius 2 is 1.67 bits per heavy atom. The molecule has 0 fully saturated rings. The second-order valence-corrected chi connectivity index (χ2v) is 10.9. The summed E-state index contributed by atoms with van der Waals surface area (Å²) >= 11 is 0. The van der Waals surface area contributed by atoms with Crippen molar-refractivity contribution in [3.63, 3.8) is 0 Å². The van der Waals surface area contributed by atoms with Crippen molar-refractivity contribution < 1.29 is 45.0 Å². The van der Waals surface area contributed by atoms with Crippen LogP contribution in [0.4, 0.5) is 22.0 Å². The van der Waals surface area contributed by atoms with Crippen LogP contribution >= 0.6 is 0 Å². The highest BCUT2D eigenvalue weighted by Crippen LogP contribution is 2.33. The lowest BCUT2D eigenvalue weighted by Crippen LogP contribution is -2.26. The number of aliphatic carboxylic acids is 1. The van der Waals surface area contributed by atoms with Crippen molar-refractivity contribution in [2.75, 3.05) is 19.4 Å². The minimum atomic E-state index is -4.85. The fraction of sp³-hybridized carbons (Fsp3) is 0.296. The summed E-state index contributed by atoms with van der Waals surface area (Å²) in [7, 11) is -3.73. The van der Waals surface area contributed by atoms with Gasteiger partial charge in [0.15, 0.2) is 9.84 Å². The molecule has 0 heterocycles. The predicted octanol–water partition coefficient (Wildman–Crippen LogP) is 5.49. The summed E-state index contributed by atoms with van der Waals surface area (Å²) in [5.41, 5.74) is -0.736. The number of sulfone groups is 1. The Kier molecular flexibility index (Phi) is 9.68. The quantitative estimate of drug-likeness (QED) is 0.229. The van der Waals surface area contributed by atoms with Crippen LogP contribution in [-0.2, 0) is 40.3 Å². The van der Waals surface area contributed by atoms with E-state index in [1.807, 2.05) is 0 Å². The van der Waals surface area contributed by atoms with Crippen molar-refractivity contribution in [2.45, 2.75) is 37.0 Å². The first-order valence-corrected chi connectivity index (χ1v) is 13.6. The largest absolute Gasteiger partial charge is 0.494 e. The van der Waals surface area contributed by atoms with Crippen LogP contribution < -0.4 is 4.74 Å². The fourth-order valence-corrected chi connectivity index (χ4v) is 4.93. The summed E-state index contributed by atoms with van der Waals surface area (Å²) in [5.74, 6) is -2.81. The lowest BCUT2D eigenvalue weighted by Gasteiger charge is -2.24. The molecule has 12 heteroatoms. The number of hydrogen-bond donors (Lipinski definition) is 1. The molecule has 0 aliphatic rings. The Balaban J connectivity index is 1.73. The first-order chi connectivity index (χ1) is 18.2. The molecule has 0 aromatic heterocycles. The molecule has 0 saturated heterocycles. The zero-order valence-corrected chi connectivity index (χ0v) is 21.7. The number of carboxylic acids is 1. The maximum Gasteiger partial charge on any atom is 0.419 e. The Bertz CT molecular complexity index is 1410. The first-order valence-electron chi connectivity index (χ1n) is 11.7. The van der Waals surface area contributed by atoms with E-state index < -0.39 is 45.6 Å². The minimum absolute atomic E-state index is 0.0759. The predicted molar refractivity (Wildman–Crippen MR) is 133 cm³/mol. The number of rotatable bonds is 12. The molecule has 0 amide bonds. The summed E-state index contributed by atoms with van der Waals surface area (Å²) in [5, 5.41) is 9.02. The number of carboxylic acid groups (broad SMARTS) is 1. The number of nitrogens with zero attached hydrogens (tertiary/aromatic N) is 1. The molecule has 0 bridgehead atoms. The highest BCUT2D eigenvalue weighted by Gasteiger charge is 2.35. The smallest absolute Gasteiger partial charge is 0.419 e. The highest BCUT2D eigenvalue weighted by molar-refractivity contribution is 7.90. The third-order valence-electron chi connectivity index (χ3n) is 5.76. The molecule has 0 atom stereocenters. The number of carbonyl (C=O) groups is 1. The molecule has 0 radical (unpaired) electrons. The zero-order valence-electron chi connectivity index (χ0n) is 20.8. The van der Waals surface area contributed by atoms with Crippen LogP contribution in [0.1, 0.15) is 28.7 Å². The van der Waals surface area contributed by atoms with Gasteiger partial charge in [-0.15, -0.1) is 0 Å². The second kappa shape index (κ2) is 12.6. The van der Waals surface area contributed by atoms with Gasteiger partial charge in [0.05, 0.1) is 23.5 Å². The topological polar surface area (TPSA) is 83.9 Å². The van der Waals surface area contributed by atoms with E-state index in [0.29, 0.717) is 18.1 Å². The fourth-order valence-electron chi connectivity index (χ4n) is 3.98. The molecule has 0 unspecified atom stereocenters. The van der Waals surface area contributed by atoms with E-state index in [4.69, 9.17) is 9.84 Å². The van der Waals surface area contributed by atoms with E-state index in [-0.39, 0.29) is 48.0 Å².